The number of ether oxygens (including phenoxy) is 1. The van der Waals surface area contributed by atoms with Gasteiger partial charge in [0, 0.05) is 6.42 Å². The molecule has 0 rings (SSSR count). The summed E-state index contributed by atoms with van der Waals surface area (Å²) in [5, 5.41) is 8.60. The topological polar surface area (TPSA) is 107 Å². The number of rotatable bonds is 18. The van der Waals surface area contributed by atoms with Gasteiger partial charge in [0.15, 0.2) is 0 Å². The maximum atomic E-state index is 11.5. The monoisotopic (exact) mass is 421 g/mol. The molecule has 164 valence electrons. The minimum Gasteiger partial charge on any atom is -1.00 e. The molecule has 0 aromatic heterocycles. The molecule has 0 spiro atoms. The van der Waals surface area contributed by atoms with Gasteiger partial charge >= 0.3 is 47.5 Å². The van der Waals surface area contributed by atoms with E-state index in [2.05, 4.69) is 23.8 Å². The zero-order valence-corrected chi connectivity index (χ0v) is 20.5. The van der Waals surface area contributed by atoms with Gasteiger partial charge in [-0.05, 0) is 32.1 Å². The van der Waals surface area contributed by atoms with Gasteiger partial charge in [-0.1, -0.05) is 70.4 Å². The quantitative estimate of drug-likeness (QED) is 0.115. The molecule has 1 atom stereocenters. The molecule has 0 radical (unpaired) electrons. The SMILES string of the molecule is CCCCCCCC/C=C\CCCCCCCC(=O)OC(=O)C[C@H](N)C(=O)O.[H-].[Na+]. The summed E-state index contributed by atoms with van der Waals surface area (Å²) in [7, 11) is 0. The second-order valence-electron chi connectivity index (χ2n) is 7.33. The van der Waals surface area contributed by atoms with E-state index in [0.29, 0.717) is 6.42 Å². The van der Waals surface area contributed by atoms with Gasteiger partial charge in [-0.15, -0.1) is 0 Å². The molecule has 0 saturated carbocycles. The van der Waals surface area contributed by atoms with E-state index in [9.17, 15) is 14.4 Å². The Balaban J connectivity index is -0.00000364. The Morgan fingerprint density at radius 2 is 1.34 bits per heavy atom. The predicted molar refractivity (Wildman–Crippen MR) is 112 cm³/mol. The Kier molecular flexibility index (Phi) is 23.1. The number of allylic oxidation sites excluding steroid dienone is 2. The van der Waals surface area contributed by atoms with E-state index in [1.165, 1.54) is 44.9 Å². The fourth-order valence-corrected chi connectivity index (χ4v) is 2.83. The number of carboxylic acid groups (broad SMARTS) is 1. The summed E-state index contributed by atoms with van der Waals surface area (Å²) < 4.78 is 4.56. The second-order valence-corrected chi connectivity index (χ2v) is 7.33. The average Bonchev–Trinajstić information content (AvgIpc) is 2.64. The number of carbonyl (C=O) groups excluding carboxylic acids is 2. The summed E-state index contributed by atoms with van der Waals surface area (Å²) in [5.41, 5.74) is 5.21. The van der Waals surface area contributed by atoms with Crippen LogP contribution in [0.4, 0.5) is 0 Å². The molecule has 3 N–H and O–H groups in total. The van der Waals surface area contributed by atoms with Crippen molar-refractivity contribution < 1.29 is 55.2 Å². The number of carboxylic acids is 1. The van der Waals surface area contributed by atoms with Gasteiger partial charge in [-0.3, -0.25) is 14.4 Å². The molecule has 6 nitrogen and oxygen atoms in total. The van der Waals surface area contributed by atoms with Crippen molar-refractivity contribution in [2.45, 2.75) is 109 Å². The largest absolute Gasteiger partial charge is 1.00 e. The van der Waals surface area contributed by atoms with Gasteiger partial charge in [0.1, 0.15) is 6.04 Å². The van der Waals surface area contributed by atoms with Crippen LogP contribution in [0.1, 0.15) is 105 Å². The van der Waals surface area contributed by atoms with Crippen LogP contribution in [-0.2, 0) is 19.1 Å². The van der Waals surface area contributed by atoms with Crippen molar-refractivity contribution in [3.63, 3.8) is 0 Å². The minimum atomic E-state index is -1.33. The molecule has 0 aliphatic heterocycles. The van der Waals surface area contributed by atoms with Gasteiger partial charge in [0.25, 0.3) is 0 Å². The zero-order chi connectivity index (χ0) is 21.0. The molecule has 0 unspecified atom stereocenters. The summed E-state index contributed by atoms with van der Waals surface area (Å²) >= 11 is 0. The fraction of sp³-hybridized carbons (Fsp3) is 0.773. The molecule has 0 heterocycles. The average molecular weight is 422 g/mol. The number of unbranched alkanes of at least 4 members (excludes halogenated alkanes) is 11. The standard InChI is InChI=1S/C22H39NO5.Na.H/c1-2-3-4-5-6-7-8-9-10-11-12-13-14-15-16-17-20(24)28-21(25)18-19(23)22(26)27;;/h9-10,19H,2-8,11-18,23H2,1H3,(H,26,27);;/q;+1;-1/b10-9-;;/t19-;;/m0../s1. The second kappa shape index (κ2) is 22.0. The summed E-state index contributed by atoms with van der Waals surface area (Å²) in [6.45, 7) is 2.24. The third-order valence-electron chi connectivity index (χ3n) is 4.57. The number of hydrogen-bond donors (Lipinski definition) is 2. The normalized spacial score (nSPS) is 11.8. The Labute approximate surface area is 199 Å². The third kappa shape index (κ3) is 21.8. The van der Waals surface area contributed by atoms with E-state index >= 15 is 0 Å². The summed E-state index contributed by atoms with van der Waals surface area (Å²) in [6, 6.07) is -1.33. The summed E-state index contributed by atoms with van der Waals surface area (Å²) in [4.78, 5) is 33.4. The van der Waals surface area contributed by atoms with Gasteiger partial charge in [-0.25, -0.2) is 0 Å². The first-order valence-electron chi connectivity index (χ1n) is 10.8. The summed E-state index contributed by atoms with van der Waals surface area (Å²) in [6.07, 6.45) is 19.5. The van der Waals surface area contributed by atoms with E-state index in [-0.39, 0.29) is 37.4 Å². The molecule has 0 aliphatic rings. The van der Waals surface area contributed by atoms with Crippen LogP contribution in [0, 0.1) is 0 Å². The van der Waals surface area contributed by atoms with Gasteiger partial charge in [0.05, 0.1) is 6.42 Å². The van der Waals surface area contributed by atoms with Gasteiger partial charge < -0.3 is 17.0 Å². The van der Waals surface area contributed by atoms with Crippen molar-refractivity contribution in [1.82, 2.24) is 0 Å². The Morgan fingerprint density at radius 3 is 1.86 bits per heavy atom. The summed E-state index contributed by atoms with van der Waals surface area (Å²) in [5.74, 6) is -2.78. The third-order valence-corrected chi connectivity index (χ3v) is 4.57. The minimum absolute atomic E-state index is 0. The molecule has 0 aliphatic carbocycles. The van der Waals surface area contributed by atoms with Crippen molar-refractivity contribution in [2.24, 2.45) is 5.73 Å². The predicted octanol–water partition coefficient (Wildman–Crippen LogP) is 2.01. The van der Waals surface area contributed by atoms with Crippen LogP contribution in [0.2, 0.25) is 0 Å². The van der Waals surface area contributed by atoms with Crippen molar-refractivity contribution in [3.8, 4) is 0 Å². The van der Waals surface area contributed by atoms with Gasteiger partial charge in [0.2, 0.25) is 0 Å². The van der Waals surface area contributed by atoms with Crippen LogP contribution >= 0.6 is 0 Å². The first kappa shape index (κ1) is 30.5. The van der Waals surface area contributed by atoms with Crippen LogP contribution in [0.5, 0.6) is 0 Å². The zero-order valence-electron chi connectivity index (χ0n) is 19.5. The fourth-order valence-electron chi connectivity index (χ4n) is 2.83. The van der Waals surface area contributed by atoms with E-state index in [1.54, 1.807) is 0 Å². The van der Waals surface area contributed by atoms with Crippen LogP contribution in [0.15, 0.2) is 12.2 Å². The molecule has 0 bridgehead atoms. The van der Waals surface area contributed by atoms with Crippen molar-refractivity contribution >= 4 is 17.9 Å². The number of nitrogens with two attached hydrogens (primary N) is 1. The van der Waals surface area contributed by atoms with Crippen molar-refractivity contribution in [2.75, 3.05) is 0 Å². The Hall–Kier alpha value is -0.690. The number of carbonyl (C=O) groups is 3. The van der Waals surface area contributed by atoms with Crippen molar-refractivity contribution in [1.29, 1.82) is 0 Å². The maximum absolute atomic E-state index is 11.5. The molecule has 7 heteroatoms. The van der Waals surface area contributed by atoms with Gasteiger partial charge in [-0.2, -0.15) is 0 Å². The van der Waals surface area contributed by atoms with E-state index in [4.69, 9.17) is 10.8 Å². The number of aliphatic carboxylic acids is 1. The first-order chi connectivity index (χ1) is 13.5. The van der Waals surface area contributed by atoms with Crippen LogP contribution in [-0.4, -0.2) is 29.1 Å². The molecule has 0 amide bonds. The molecule has 0 saturated heterocycles. The smallest absolute Gasteiger partial charge is 1.00 e. The molecule has 29 heavy (non-hydrogen) atoms. The molecular formula is C22H40NNaO5. The van der Waals surface area contributed by atoms with Crippen LogP contribution < -0.4 is 35.3 Å². The number of hydrogen-bond acceptors (Lipinski definition) is 5. The molecule has 0 fully saturated rings. The molecular weight excluding hydrogens is 381 g/mol. The van der Waals surface area contributed by atoms with Crippen LogP contribution in [0.25, 0.3) is 0 Å². The van der Waals surface area contributed by atoms with E-state index in [0.717, 1.165) is 32.1 Å². The Bertz CT molecular complexity index is 474. The van der Waals surface area contributed by atoms with E-state index < -0.39 is 30.4 Å². The van der Waals surface area contributed by atoms with E-state index in [1.807, 2.05) is 0 Å². The number of esters is 2. The first-order valence-corrected chi connectivity index (χ1v) is 10.8. The Morgan fingerprint density at radius 1 is 0.862 bits per heavy atom. The van der Waals surface area contributed by atoms with Crippen LogP contribution in [0.3, 0.4) is 0 Å². The molecule has 0 aromatic rings. The molecule has 0 aromatic carbocycles. The van der Waals surface area contributed by atoms with Crippen molar-refractivity contribution in [3.05, 3.63) is 12.2 Å². The maximum Gasteiger partial charge on any atom is 1.00 e.